The summed E-state index contributed by atoms with van der Waals surface area (Å²) in [6, 6.07) is 2.39. The molecule has 1 aromatic rings. The first-order valence-corrected chi connectivity index (χ1v) is 6.03. The smallest absolute Gasteiger partial charge is 0.145 e. The molecule has 0 radical (unpaired) electrons. The number of nitrogens with one attached hydrogen (secondary N) is 2. The molecule has 5 nitrogen and oxygen atoms in total. The van der Waals surface area contributed by atoms with Gasteiger partial charge < -0.3 is 10.7 Å². The Balaban J connectivity index is 2.25. The van der Waals surface area contributed by atoms with Gasteiger partial charge in [-0.2, -0.15) is 0 Å². The van der Waals surface area contributed by atoms with Gasteiger partial charge in [0.1, 0.15) is 17.5 Å². The van der Waals surface area contributed by atoms with Crippen molar-refractivity contribution in [3.8, 4) is 0 Å². The van der Waals surface area contributed by atoms with Gasteiger partial charge in [-0.15, -0.1) is 0 Å². The van der Waals surface area contributed by atoms with Crippen molar-refractivity contribution in [3.05, 3.63) is 11.9 Å². The molecule has 1 aliphatic rings. The van der Waals surface area contributed by atoms with Crippen molar-refractivity contribution in [2.75, 3.05) is 10.7 Å². The average molecular weight is 235 g/mol. The summed E-state index contributed by atoms with van der Waals surface area (Å²) < 4.78 is 0. The molecule has 1 aromatic heterocycles. The van der Waals surface area contributed by atoms with E-state index in [1.807, 2.05) is 6.07 Å². The zero-order valence-electron chi connectivity index (χ0n) is 10.9. The van der Waals surface area contributed by atoms with Gasteiger partial charge >= 0.3 is 0 Å². The zero-order chi connectivity index (χ0) is 12.6. The van der Waals surface area contributed by atoms with Gasteiger partial charge in [0.25, 0.3) is 0 Å². The summed E-state index contributed by atoms with van der Waals surface area (Å²) in [4.78, 5) is 8.93. The Hall–Kier alpha value is -1.36. The average Bonchev–Trinajstić information content (AvgIpc) is 2.92. The third kappa shape index (κ3) is 2.85. The van der Waals surface area contributed by atoms with Crippen molar-refractivity contribution < 1.29 is 0 Å². The van der Waals surface area contributed by atoms with Crippen molar-refractivity contribution in [1.82, 2.24) is 9.97 Å². The molecule has 1 aliphatic carbocycles. The summed E-state index contributed by atoms with van der Waals surface area (Å²) in [7, 11) is 0. The number of hydrazine groups is 1. The Kier molecular flexibility index (Phi) is 2.95. The van der Waals surface area contributed by atoms with E-state index in [2.05, 4.69) is 48.4 Å². The second-order valence-corrected chi connectivity index (χ2v) is 5.82. The van der Waals surface area contributed by atoms with Crippen LogP contribution in [0.25, 0.3) is 0 Å². The van der Waals surface area contributed by atoms with E-state index in [0.29, 0.717) is 11.9 Å². The number of rotatable bonds is 3. The normalized spacial score (nSPS) is 23.4. The highest BCUT2D eigenvalue weighted by atomic mass is 15.3. The first-order valence-electron chi connectivity index (χ1n) is 6.03. The highest BCUT2D eigenvalue weighted by Crippen LogP contribution is 2.33. The van der Waals surface area contributed by atoms with Crippen LogP contribution in [0.2, 0.25) is 0 Å². The zero-order valence-corrected chi connectivity index (χ0v) is 10.9. The quantitative estimate of drug-likeness (QED) is 0.551. The minimum atomic E-state index is -0.0849. The summed E-state index contributed by atoms with van der Waals surface area (Å²) >= 11 is 0. The minimum absolute atomic E-state index is 0.0849. The van der Waals surface area contributed by atoms with E-state index in [-0.39, 0.29) is 5.41 Å². The van der Waals surface area contributed by atoms with Crippen LogP contribution in [0.3, 0.4) is 0 Å². The van der Waals surface area contributed by atoms with Crippen molar-refractivity contribution in [2.45, 2.75) is 45.6 Å². The van der Waals surface area contributed by atoms with E-state index in [9.17, 15) is 0 Å². The van der Waals surface area contributed by atoms with Crippen LogP contribution in [-0.2, 0) is 5.41 Å². The lowest BCUT2D eigenvalue weighted by molar-refractivity contribution is 0.546. The fourth-order valence-electron chi connectivity index (χ4n) is 1.64. The lowest BCUT2D eigenvalue weighted by atomic mass is 9.96. The second-order valence-electron chi connectivity index (χ2n) is 5.82. The molecule has 1 heterocycles. The first kappa shape index (κ1) is 12.1. The third-order valence-corrected chi connectivity index (χ3v) is 2.99. The third-order valence-electron chi connectivity index (χ3n) is 2.99. The molecule has 17 heavy (non-hydrogen) atoms. The number of nitrogens with two attached hydrogens (primary N) is 1. The van der Waals surface area contributed by atoms with E-state index >= 15 is 0 Å². The number of aromatic nitrogens is 2. The molecule has 1 saturated carbocycles. The molecule has 94 valence electrons. The van der Waals surface area contributed by atoms with Gasteiger partial charge in [0.15, 0.2) is 0 Å². The van der Waals surface area contributed by atoms with E-state index in [0.717, 1.165) is 17.6 Å². The van der Waals surface area contributed by atoms with Crippen LogP contribution in [-0.4, -0.2) is 16.0 Å². The summed E-state index contributed by atoms with van der Waals surface area (Å²) in [5.41, 5.74) is 2.51. The van der Waals surface area contributed by atoms with E-state index in [1.54, 1.807) is 0 Å². The predicted octanol–water partition coefficient (Wildman–Crippen LogP) is 1.88. The predicted molar refractivity (Wildman–Crippen MR) is 69.7 cm³/mol. The summed E-state index contributed by atoms with van der Waals surface area (Å²) in [6.45, 7) is 8.50. The molecule has 0 spiro atoms. The van der Waals surface area contributed by atoms with Crippen LogP contribution in [0.4, 0.5) is 11.6 Å². The van der Waals surface area contributed by atoms with Gasteiger partial charge in [-0.25, -0.2) is 15.8 Å². The van der Waals surface area contributed by atoms with Gasteiger partial charge in [-0.1, -0.05) is 27.7 Å². The topological polar surface area (TPSA) is 75.9 Å². The van der Waals surface area contributed by atoms with Crippen LogP contribution in [0.1, 0.15) is 39.9 Å². The highest BCUT2D eigenvalue weighted by molar-refractivity contribution is 5.48. The monoisotopic (exact) mass is 235 g/mol. The number of nitrogens with zero attached hydrogens (tertiary/aromatic N) is 2. The highest BCUT2D eigenvalue weighted by Gasteiger charge is 2.33. The summed E-state index contributed by atoms with van der Waals surface area (Å²) in [5, 5.41) is 3.41. The fourth-order valence-corrected chi connectivity index (χ4v) is 1.64. The number of nitrogen functional groups attached to an aromatic ring is 1. The molecule has 0 saturated heterocycles. The SMILES string of the molecule is CC1CC1Nc1cc(NN)nc(C(C)(C)C)n1. The Bertz CT molecular complexity index is 410. The van der Waals surface area contributed by atoms with Crippen LogP contribution in [0.15, 0.2) is 6.07 Å². The lowest BCUT2D eigenvalue weighted by Crippen LogP contribution is -2.20. The summed E-state index contributed by atoms with van der Waals surface area (Å²) in [5.74, 6) is 8.47. The Morgan fingerprint density at radius 3 is 2.35 bits per heavy atom. The molecule has 0 bridgehead atoms. The summed E-state index contributed by atoms with van der Waals surface area (Å²) in [6.07, 6.45) is 1.21. The van der Waals surface area contributed by atoms with Gasteiger partial charge in [0.05, 0.1) is 0 Å². The fraction of sp³-hybridized carbons (Fsp3) is 0.667. The van der Waals surface area contributed by atoms with Crippen molar-refractivity contribution in [2.24, 2.45) is 11.8 Å². The van der Waals surface area contributed by atoms with Crippen molar-refractivity contribution in [3.63, 3.8) is 0 Å². The second kappa shape index (κ2) is 4.14. The van der Waals surface area contributed by atoms with Crippen LogP contribution in [0, 0.1) is 5.92 Å². The molecular formula is C12H21N5. The Morgan fingerprint density at radius 2 is 1.88 bits per heavy atom. The number of hydrogen-bond donors (Lipinski definition) is 3. The van der Waals surface area contributed by atoms with Crippen LogP contribution >= 0.6 is 0 Å². The molecule has 2 atom stereocenters. The molecule has 4 N–H and O–H groups in total. The van der Waals surface area contributed by atoms with Crippen molar-refractivity contribution in [1.29, 1.82) is 0 Å². The van der Waals surface area contributed by atoms with Crippen LogP contribution in [0.5, 0.6) is 0 Å². The van der Waals surface area contributed by atoms with E-state index in [1.165, 1.54) is 6.42 Å². The maximum atomic E-state index is 5.44. The molecule has 0 aromatic carbocycles. The molecular weight excluding hydrogens is 214 g/mol. The molecule has 0 amide bonds. The minimum Gasteiger partial charge on any atom is -0.367 e. The lowest BCUT2D eigenvalue weighted by Gasteiger charge is -2.18. The maximum absolute atomic E-state index is 5.44. The standard InChI is InChI=1S/C12H21N5/c1-7-5-8(7)14-9-6-10(17-13)16-11(15-9)12(2,3)4/h6-8H,5,13H2,1-4H3,(H2,14,15,16,17). The number of hydrogen-bond acceptors (Lipinski definition) is 5. The Morgan fingerprint density at radius 1 is 1.29 bits per heavy atom. The number of anilines is 2. The molecule has 2 unspecified atom stereocenters. The van der Waals surface area contributed by atoms with Gasteiger partial charge in [0.2, 0.25) is 0 Å². The van der Waals surface area contributed by atoms with Crippen molar-refractivity contribution >= 4 is 11.6 Å². The Labute approximate surface area is 102 Å². The van der Waals surface area contributed by atoms with Gasteiger partial charge in [-0.3, -0.25) is 0 Å². The van der Waals surface area contributed by atoms with E-state index in [4.69, 9.17) is 5.84 Å². The van der Waals surface area contributed by atoms with Gasteiger partial charge in [0, 0.05) is 17.5 Å². The van der Waals surface area contributed by atoms with Crippen LogP contribution < -0.4 is 16.6 Å². The molecule has 2 rings (SSSR count). The molecule has 1 fully saturated rings. The van der Waals surface area contributed by atoms with E-state index < -0.39 is 0 Å². The maximum Gasteiger partial charge on any atom is 0.145 e. The molecule has 0 aliphatic heterocycles. The molecule has 5 heteroatoms. The largest absolute Gasteiger partial charge is 0.367 e. The van der Waals surface area contributed by atoms with Gasteiger partial charge in [-0.05, 0) is 12.3 Å². The first-order chi connectivity index (χ1) is 7.90.